The number of nitrogens with zero attached hydrogens (tertiary/aromatic N) is 2. The topological polar surface area (TPSA) is 53.8 Å². The Morgan fingerprint density at radius 1 is 1.20 bits per heavy atom. The third-order valence-corrected chi connectivity index (χ3v) is 3.11. The minimum atomic E-state index is -0.439. The van der Waals surface area contributed by atoms with Crippen LogP contribution in [0.3, 0.4) is 0 Å². The minimum Gasteiger partial charge on any atom is -0.288 e. The molecule has 0 bridgehead atoms. The van der Waals surface area contributed by atoms with E-state index in [4.69, 9.17) is 28.5 Å². The Hall–Kier alpha value is -2.15. The zero-order valence-corrected chi connectivity index (χ0v) is 11.7. The molecule has 1 aromatic carbocycles. The van der Waals surface area contributed by atoms with Gasteiger partial charge in [0, 0.05) is 23.0 Å². The summed E-state index contributed by atoms with van der Waals surface area (Å²) in [4.78, 5) is 16.2. The van der Waals surface area contributed by atoms with Crippen molar-refractivity contribution in [3.63, 3.8) is 0 Å². The number of rotatable bonds is 3. The first-order chi connectivity index (χ1) is 9.61. The Morgan fingerprint density at radius 3 is 2.50 bits per heavy atom. The summed E-state index contributed by atoms with van der Waals surface area (Å²) in [5.74, 6) is -0.439. The number of allylic oxidation sites excluding steroid dienone is 1. The third-order valence-electron chi connectivity index (χ3n) is 2.56. The lowest BCUT2D eigenvalue weighted by Crippen LogP contribution is -2.02. The Morgan fingerprint density at radius 2 is 1.90 bits per heavy atom. The van der Waals surface area contributed by atoms with Gasteiger partial charge in [0.15, 0.2) is 0 Å². The van der Waals surface area contributed by atoms with Crippen LogP contribution in [0.15, 0.2) is 48.3 Å². The predicted molar refractivity (Wildman–Crippen MR) is 78.6 cm³/mol. The maximum atomic E-state index is 12.3. The van der Waals surface area contributed by atoms with Gasteiger partial charge in [0.05, 0.1) is 5.02 Å². The molecule has 2 rings (SSSR count). The molecule has 20 heavy (non-hydrogen) atoms. The summed E-state index contributed by atoms with van der Waals surface area (Å²) in [6.07, 6.45) is 4.66. The van der Waals surface area contributed by atoms with Gasteiger partial charge < -0.3 is 0 Å². The molecule has 0 aliphatic rings. The molecule has 0 amide bonds. The van der Waals surface area contributed by atoms with Crippen molar-refractivity contribution >= 4 is 35.1 Å². The fraction of sp³-hybridized carbons (Fsp3) is 0. The third kappa shape index (κ3) is 3.24. The summed E-state index contributed by atoms with van der Waals surface area (Å²) in [7, 11) is 0. The standard InChI is InChI=1S/C15H8Cl2N2O/c16-12-1-2-13(14(17)8-12)15(20)11(9-18)7-10-3-5-19-6-4-10/h1-8H/b11-7+. The molecule has 0 saturated heterocycles. The molecular formula is C15H8Cl2N2O. The van der Waals surface area contributed by atoms with Gasteiger partial charge in [0.1, 0.15) is 11.6 Å². The van der Waals surface area contributed by atoms with Crippen LogP contribution in [-0.4, -0.2) is 10.8 Å². The molecule has 1 aromatic heterocycles. The Labute approximate surface area is 126 Å². The van der Waals surface area contributed by atoms with Gasteiger partial charge in [-0.2, -0.15) is 5.26 Å². The monoisotopic (exact) mass is 302 g/mol. The van der Waals surface area contributed by atoms with Crippen LogP contribution in [0, 0.1) is 11.3 Å². The summed E-state index contributed by atoms with van der Waals surface area (Å²) < 4.78 is 0. The second-order valence-electron chi connectivity index (χ2n) is 3.90. The minimum absolute atomic E-state index is 0.000391. The van der Waals surface area contributed by atoms with Crippen LogP contribution in [-0.2, 0) is 0 Å². The molecule has 0 atom stereocenters. The maximum absolute atomic E-state index is 12.3. The molecule has 0 radical (unpaired) electrons. The molecule has 98 valence electrons. The molecule has 0 aliphatic heterocycles. The number of nitriles is 1. The first kappa shape index (κ1) is 14.3. The van der Waals surface area contributed by atoms with Crippen LogP contribution < -0.4 is 0 Å². The molecule has 5 heteroatoms. The number of Topliss-reactive ketones (excluding diaryl/α,β-unsaturated/α-hetero) is 1. The van der Waals surface area contributed by atoms with Crippen molar-refractivity contribution in [3.05, 3.63) is 69.5 Å². The van der Waals surface area contributed by atoms with Gasteiger partial charge in [0.2, 0.25) is 5.78 Å². The maximum Gasteiger partial charge on any atom is 0.205 e. The van der Waals surface area contributed by atoms with Gasteiger partial charge in [-0.3, -0.25) is 9.78 Å². The molecule has 0 spiro atoms. The average Bonchev–Trinajstić information content (AvgIpc) is 2.45. The van der Waals surface area contributed by atoms with E-state index in [1.54, 1.807) is 30.6 Å². The highest BCUT2D eigenvalue weighted by Crippen LogP contribution is 2.23. The van der Waals surface area contributed by atoms with Crippen LogP contribution in [0.2, 0.25) is 10.0 Å². The largest absolute Gasteiger partial charge is 0.288 e. The van der Waals surface area contributed by atoms with Crippen LogP contribution in [0.1, 0.15) is 15.9 Å². The number of halogens is 2. The van der Waals surface area contributed by atoms with Crippen LogP contribution in [0.5, 0.6) is 0 Å². The van der Waals surface area contributed by atoms with Gasteiger partial charge in [-0.15, -0.1) is 0 Å². The zero-order chi connectivity index (χ0) is 14.5. The summed E-state index contributed by atoms with van der Waals surface area (Å²) >= 11 is 11.8. The molecule has 0 unspecified atom stereocenters. The molecule has 1 heterocycles. The summed E-state index contributed by atoms with van der Waals surface area (Å²) in [5.41, 5.74) is 0.966. The number of carbonyl (C=O) groups is 1. The summed E-state index contributed by atoms with van der Waals surface area (Å²) in [5, 5.41) is 9.79. The molecular weight excluding hydrogens is 295 g/mol. The van der Waals surface area contributed by atoms with Crippen molar-refractivity contribution < 1.29 is 4.79 Å². The normalized spacial score (nSPS) is 10.9. The molecule has 0 fully saturated rings. The summed E-state index contributed by atoms with van der Waals surface area (Å²) in [6.45, 7) is 0. The number of pyridine rings is 1. The first-order valence-electron chi connectivity index (χ1n) is 5.63. The number of hydrogen-bond acceptors (Lipinski definition) is 3. The van der Waals surface area contributed by atoms with E-state index in [2.05, 4.69) is 4.98 Å². The fourth-order valence-electron chi connectivity index (χ4n) is 1.59. The lowest BCUT2D eigenvalue weighted by molar-refractivity contribution is 0.104. The number of carbonyl (C=O) groups excluding carboxylic acids is 1. The van der Waals surface area contributed by atoms with Crippen molar-refractivity contribution in [2.45, 2.75) is 0 Å². The Kier molecular flexibility index (Phi) is 4.52. The van der Waals surface area contributed by atoms with Gasteiger partial charge in [-0.1, -0.05) is 23.2 Å². The van der Waals surface area contributed by atoms with Crippen LogP contribution in [0.25, 0.3) is 6.08 Å². The fourth-order valence-corrected chi connectivity index (χ4v) is 2.09. The van der Waals surface area contributed by atoms with E-state index in [0.717, 1.165) is 5.56 Å². The van der Waals surface area contributed by atoms with Gasteiger partial charge in [0.25, 0.3) is 0 Å². The predicted octanol–water partition coefficient (Wildman–Crippen LogP) is 4.18. The number of benzene rings is 1. The van der Waals surface area contributed by atoms with Crippen molar-refractivity contribution in [2.75, 3.05) is 0 Å². The van der Waals surface area contributed by atoms with E-state index in [9.17, 15) is 4.79 Å². The highest BCUT2D eigenvalue weighted by Gasteiger charge is 2.15. The lowest BCUT2D eigenvalue weighted by atomic mass is 10.0. The van der Waals surface area contributed by atoms with Gasteiger partial charge >= 0.3 is 0 Å². The van der Waals surface area contributed by atoms with E-state index < -0.39 is 5.78 Å². The van der Waals surface area contributed by atoms with Crippen molar-refractivity contribution in [1.82, 2.24) is 4.98 Å². The summed E-state index contributed by atoms with van der Waals surface area (Å²) in [6, 6.07) is 9.83. The van der Waals surface area contributed by atoms with Crippen molar-refractivity contribution in [3.8, 4) is 6.07 Å². The molecule has 2 aromatic rings. The van der Waals surface area contributed by atoms with E-state index in [0.29, 0.717) is 5.02 Å². The van der Waals surface area contributed by atoms with Crippen LogP contribution in [0.4, 0.5) is 0 Å². The first-order valence-corrected chi connectivity index (χ1v) is 6.39. The highest BCUT2D eigenvalue weighted by molar-refractivity contribution is 6.37. The Balaban J connectivity index is 2.40. The van der Waals surface area contributed by atoms with Crippen molar-refractivity contribution in [2.24, 2.45) is 0 Å². The second kappa shape index (κ2) is 6.33. The Bertz CT molecular complexity index is 718. The van der Waals surface area contributed by atoms with E-state index in [-0.39, 0.29) is 16.2 Å². The van der Waals surface area contributed by atoms with Crippen molar-refractivity contribution in [1.29, 1.82) is 5.26 Å². The zero-order valence-electron chi connectivity index (χ0n) is 10.2. The van der Waals surface area contributed by atoms with Gasteiger partial charge in [-0.05, 0) is 42.0 Å². The smallest absolute Gasteiger partial charge is 0.205 e. The average molecular weight is 303 g/mol. The SMILES string of the molecule is N#C/C(=C\c1ccncc1)C(=O)c1ccc(Cl)cc1Cl. The van der Waals surface area contributed by atoms with E-state index in [1.807, 2.05) is 6.07 Å². The molecule has 0 aliphatic carbocycles. The second-order valence-corrected chi connectivity index (χ2v) is 4.75. The molecule has 0 N–H and O–H groups in total. The number of ketones is 1. The van der Waals surface area contributed by atoms with Gasteiger partial charge in [-0.25, -0.2) is 0 Å². The van der Waals surface area contributed by atoms with E-state index in [1.165, 1.54) is 18.2 Å². The highest BCUT2D eigenvalue weighted by atomic mass is 35.5. The molecule has 3 nitrogen and oxygen atoms in total. The van der Waals surface area contributed by atoms with E-state index >= 15 is 0 Å². The van der Waals surface area contributed by atoms with Crippen LogP contribution >= 0.6 is 23.2 Å². The quantitative estimate of drug-likeness (QED) is 0.485. The lowest BCUT2D eigenvalue weighted by Gasteiger charge is -2.03. The number of hydrogen-bond donors (Lipinski definition) is 0. The molecule has 0 saturated carbocycles. The number of aromatic nitrogens is 1.